The van der Waals surface area contributed by atoms with Crippen molar-refractivity contribution in [1.82, 2.24) is 9.78 Å². The second-order valence-corrected chi connectivity index (χ2v) is 3.84. The molecule has 0 aromatic carbocycles. The molecule has 0 atom stereocenters. The van der Waals surface area contributed by atoms with Crippen LogP contribution in [0.1, 0.15) is 15.9 Å². The van der Waals surface area contributed by atoms with Crippen molar-refractivity contribution in [2.45, 2.75) is 0 Å². The van der Waals surface area contributed by atoms with E-state index in [0.29, 0.717) is 11.1 Å². The van der Waals surface area contributed by atoms with Crippen molar-refractivity contribution in [1.29, 1.82) is 0 Å². The van der Waals surface area contributed by atoms with Crippen LogP contribution in [-0.4, -0.2) is 15.6 Å². The molecule has 0 aliphatic heterocycles. The Morgan fingerprint density at radius 1 is 1.64 bits per heavy atom. The minimum atomic E-state index is -0.0590. The topological polar surface area (TPSA) is 48.0 Å². The second kappa shape index (κ2) is 3.56. The maximum atomic E-state index is 11.8. The van der Waals surface area contributed by atoms with Crippen molar-refractivity contribution in [3.8, 4) is 0 Å². The largest absolute Gasteiger partial charge is 0.472 e. The molecule has 0 aliphatic carbocycles. The zero-order valence-corrected chi connectivity index (χ0v) is 9.56. The van der Waals surface area contributed by atoms with Gasteiger partial charge >= 0.3 is 0 Å². The van der Waals surface area contributed by atoms with Gasteiger partial charge in [0.1, 0.15) is 9.96 Å². The predicted molar refractivity (Wildman–Crippen MR) is 58.1 cm³/mol. The highest BCUT2D eigenvalue weighted by Crippen LogP contribution is 2.15. The quantitative estimate of drug-likeness (QED) is 0.628. The molecule has 0 spiro atoms. The molecule has 72 valence electrons. The van der Waals surface area contributed by atoms with Crippen LogP contribution in [0.2, 0.25) is 0 Å². The van der Waals surface area contributed by atoms with E-state index in [1.165, 1.54) is 12.5 Å². The lowest BCUT2D eigenvalue weighted by Gasteiger charge is -1.95. The molecule has 0 bridgehead atoms. The summed E-state index contributed by atoms with van der Waals surface area (Å²) in [5.74, 6) is -0.0590. The van der Waals surface area contributed by atoms with Crippen molar-refractivity contribution < 1.29 is 9.21 Å². The van der Waals surface area contributed by atoms with Gasteiger partial charge in [0, 0.05) is 7.05 Å². The van der Waals surface area contributed by atoms with E-state index in [0.717, 1.165) is 3.70 Å². The third-order valence-corrected chi connectivity index (χ3v) is 3.17. The summed E-state index contributed by atoms with van der Waals surface area (Å²) in [5, 5.41) is 4.00. The third kappa shape index (κ3) is 1.47. The summed E-state index contributed by atoms with van der Waals surface area (Å²) in [6.07, 6.45) is 4.49. The fourth-order valence-electron chi connectivity index (χ4n) is 1.12. The summed E-state index contributed by atoms with van der Waals surface area (Å²) in [6, 6.07) is 1.64. The lowest BCUT2D eigenvalue weighted by Crippen LogP contribution is -2.02. The summed E-state index contributed by atoms with van der Waals surface area (Å²) in [5.41, 5.74) is 1.16. The number of furan rings is 1. The van der Waals surface area contributed by atoms with E-state index in [-0.39, 0.29) is 5.78 Å². The van der Waals surface area contributed by atoms with Gasteiger partial charge < -0.3 is 4.42 Å². The molecule has 0 unspecified atom stereocenters. The average Bonchev–Trinajstić information content (AvgIpc) is 2.77. The summed E-state index contributed by atoms with van der Waals surface area (Å²) in [6.45, 7) is 0. The maximum Gasteiger partial charge on any atom is 0.200 e. The first kappa shape index (κ1) is 9.45. The number of aromatic nitrogens is 2. The van der Waals surface area contributed by atoms with Gasteiger partial charge in [0.2, 0.25) is 5.78 Å². The van der Waals surface area contributed by atoms with E-state index in [2.05, 4.69) is 27.7 Å². The molecule has 2 aromatic rings. The number of aryl methyl sites for hydroxylation is 1. The Hall–Kier alpha value is -1.11. The van der Waals surface area contributed by atoms with E-state index in [9.17, 15) is 4.79 Å². The fourth-order valence-corrected chi connectivity index (χ4v) is 1.63. The molecule has 0 saturated carbocycles. The van der Waals surface area contributed by atoms with Gasteiger partial charge in [0.15, 0.2) is 0 Å². The molecule has 0 fully saturated rings. The first-order chi connectivity index (χ1) is 6.70. The Morgan fingerprint density at radius 2 is 2.43 bits per heavy atom. The van der Waals surface area contributed by atoms with Gasteiger partial charge in [0.25, 0.3) is 0 Å². The monoisotopic (exact) mass is 302 g/mol. The van der Waals surface area contributed by atoms with Gasteiger partial charge in [0.05, 0.1) is 23.6 Å². The Kier molecular flexibility index (Phi) is 2.40. The van der Waals surface area contributed by atoms with Crippen LogP contribution >= 0.6 is 22.6 Å². The number of rotatable bonds is 2. The molecule has 2 aromatic heterocycles. The Balaban J connectivity index is 2.42. The minimum Gasteiger partial charge on any atom is -0.472 e. The first-order valence-corrected chi connectivity index (χ1v) is 5.02. The summed E-state index contributed by atoms with van der Waals surface area (Å²) in [7, 11) is 1.80. The molecule has 0 radical (unpaired) electrons. The highest BCUT2D eigenvalue weighted by Gasteiger charge is 2.16. The van der Waals surface area contributed by atoms with Crippen LogP contribution in [0.4, 0.5) is 0 Å². The number of hydrogen-bond acceptors (Lipinski definition) is 3. The van der Waals surface area contributed by atoms with Crippen LogP contribution in [0.15, 0.2) is 29.2 Å². The number of hydrogen-bond donors (Lipinski definition) is 0. The number of halogens is 1. The molecule has 4 nitrogen and oxygen atoms in total. The van der Waals surface area contributed by atoms with Gasteiger partial charge in [-0.3, -0.25) is 9.48 Å². The smallest absolute Gasteiger partial charge is 0.200 e. The van der Waals surface area contributed by atoms with Crippen LogP contribution in [0, 0.1) is 3.70 Å². The lowest BCUT2D eigenvalue weighted by molar-refractivity contribution is 0.103. The molecule has 2 rings (SSSR count). The van der Waals surface area contributed by atoms with E-state index in [4.69, 9.17) is 4.42 Å². The molecule has 0 saturated heterocycles. The van der Waals surface area contributed by atoms with E-state index < -0.39 is 0 Å². The van der Waals surface area contributed by atoms with E-state index >= 15 is 0 Å². The predicted octanol–water partition coefficient (Wildman–Crippen LogP) is 1.85. The molecule has 14 heavy (non-hydrogen) atoms. The van der Waals surface area contributed by atoms with Gasteiger partial charge in [-0.2, -0.15) is 5.10 Å². The zero-order chi connectivity index (χ0) is 10.1. The Morgan fingerprint density at radius 3 is 2.93 bits per heavy atom. The van der Waals surface area contributed by atoms with Crippen molar-refractivity contribution >= 4 is 28.4 Å². The highest BCUT2D eigenvalue weighted by molar-refractivity contribution is 14.1. The zero-order valence-electron chi connectivity index (χ0n) is 7.40. The van der Waals surface area contributed by atoms with E-state index in [1.807, 2.05) is 0 Å². The van der Waals surface area contributed by atoms with E-state index in [1.54, 1.807) is 24.0 Å². The van der Waals surface area contributed by atoms with Gasteiger partial charge in [-0.15, -0.1) is 0 Å². The number of carbonyl (C=O) groups excluding carboxylic acids is 1. The molecule has 0 amide bonds. The molecule has 0 aliphatic rings. The third-order valence-electron chi connectivity index (χ3n) is 1.89. The normalized spacial score (nSPS) is 10.4. The van der Waals surface area contributed by atoms with Gasteiger partial charge in [-0.25, -0.2) is 0 Å². The van der Waals surface area contributed by atoms with Crippen LogP contribution in [0.5, 0.6) is 0 Å². The summed E-state index contributed by atoms with van der Waals surface area (Å²) >= 11 is 2.09. The Bertz CT molecular complexity index is 459. The number of nitrogens with zero attached hydrogens (tertiary/aromatic N) is 2. The molecule has 5 heteroatoms. The maximum absolute atomic E-state index is 11.8. The summed E-state index contributed by atoms with van der Waals surface area (Å²) < 4.78 is 7.34. The van der Waals surface area contributed by atoms with Crippen LogP contribution < -0.4 is 0 Å². The highest BCUT2D eigenvalue weighted by atomic mass is 127. The van der Waals surface area contributed by atoms with Gasteiger partial charge in [-0.1, -0.05) is 0 Å². The van der Waals surface area contributed by atoms with Gasteiger partial charge in [-0.05, 0) is 28.7 Å². The van der Waals surface area contributed by atoms with Crippen molar-refractivity contribution in [2.24, 2.45) is 7.05 Å². The SMILES string of the molecule is Cn1ncc(C(=O)c2ccoc2)c1I. The number of ketones is 1. The second-order valence-electron chi connectivity index (χ2n) is 2.81. The van der Waals surface area contributed by atoms with Crippen LogP contribution in [-0.2, 0) is 7.05 Å². The first-order valence-electron chi connectivity index (χ1n) is 3.94. The average molecular weight is 302 g/mol. The lowest BCUT2D eigenvalue weighted by atomic mass is 10.1. The van der Waals surface area contributed by atoms with Crippen molar-refractivity contribution in [3.05, 3.63) is 39.6 Å². The fraction of sp³-hybridized carbons (Fsp3) is 0.111. The Labute approximate surface area is 94.0 Å². The summed E-state index contributed by atoms with van der Waals surface area (Å²) in [4.78, 5) is 11.8. The molecular weight excluding hydrogens is 295 g/mol. The molecule has 0 N–H and O–H groups in total. The van der Waals surface area contributed by atoms with Crippen LogP contribution in [0.25, 0.3) is 0 Å². The minimum absolute atomic E-state index is 0.0590. The van der Waals surface area contributed by atoms with Crippen molar-refractivity contribution in [3.63, 3.8) is 0 Å². The molecule has 2 heterocycles. The molecular formula is C9H7IN2O2. The number of carbonyl (C=O) groups is 1. The van der Waals surface area contributed by atoms with Crippen molar-refractivity contribution in [2.75, 3.05) is 0 Å². The van der Waals surface area contributed by atoms with Crippen LogP contribution in [0.3, 0.4) is 0 Å². The standard InChI is InChI=1S/C9H7IN2O2/c1-12-9(10)7(4-11-12)8(13)6-2-3-14-5-6/h2-5H,1H3.